The van der Waals surface area contributed by atoms with E-state index >= 15 is 0 Å². The number of rotatable bonds is 5. The molecule has 0 fully saturated rings. The van der Waals surface area contributed by atoms with Crippen LogP contribution in [0.1, 0.15) is 10.4 Å². The van der Waals surface area contributed by atoms with Crippen LogP contribution in [0, 0.1) is 0 Å². The fourth-order valence-electron chi connectivity index (χ4n) is 1.44. The molecule has 4 nitrogen and oxygen atoms in total. The van der Waals surface area contributed by atoms with Gasteiger partial charge in [0, 0.05) is 12.4 Å². The van der Waals surface area contributed by atoms with E-state index in [2.05, 4.69) is 9.97 Å². The Balaban J connectivity index is 2.04. The van der Waals surface area contributed by atoms with Crippen LogP contribution in [0.3, 0.4) is 0 Å². The summed E-state index contributed by atoms with van der Waals surface area (Å²) in [6.07, 6.45) is 3.31. The quantitative estimate of drug-likeness (QED) is 0.469. The average molecular weight is 260 g/mol. The van der Waals surface area contributed by atoms with Crippen molar-refractivity contribution >= 4 is 17.5 Å². The lowest BCUT2D eigenvalue weighted by atomic mass is 10.1. The number of hydrogen-bond acceptors (Lipinski definition) is 5. The van der Waals surface area contributed by atoms with Crippen LogP contribution in [-0.2, 0) is 0 Å². The lowest BCUT2D eigenvalue weighted by molar-refractivity contribution is 0.101. The van der Waals surface area contributed by atoms with Gasteiger partial charge in [0.1, 0.15) is 5.75 Å². The first-order valence-electron chi connectivity index (χ1n) is 5.37. The number of benzene rings is 1. The Morgan fingerprint density at radius 2 is 1.94 bits per heavy atom. The Bertz CT molecular complexity index is 532. The molecule has 0 aliphatic rings. The molecule has 92 valence electrons. The summed E-state index contributed by atoms with van der Waals surface area (Å²) in [5.74, 6) is 0.895. The second-order valence-electron chi connectivity index (χ2n) is 3.44. The lowest BCUT2D eigenvalue weighted by Gasteiger charge is -2.06. The van der Waals surface area contributed by atoms with Crippen molar-refractivity contribution in [2.75, 3.05) is 12.9 Å². The summed E-state index contributed by atoms with van der Waals surface area (Å²) in [6, 6.07) is 8.93. The van der Waals surface area contributed by atoms with Crippen molar-refractivity contribution in [2.45, 2.75) is 5.16 Å². The number of nitrogens with zero attached hydrogens (tertiary/aromatic N) is 2. The molecule has 0 N–H and O–H groups in total. The van der Waals surface area contributed by atoms with Crippen LogP contribution in [-0.4, -0.2) is 28.6 Å². The lowest BCUT2D eigenvalue weighted by Crippen LogP contribution is -2.05. The van der Waals surface area contributed by atoms with E-state index in [0.717, 1.165) is 0 Å². The summed E-state index contributed by atoms with van der Waals surface area (Å²) in [5, 5.41) is 0.598. The van der Waals surface area contributed by atoms with Gasteiger partial charge in [0.15, 0.2) is 10.9 Å². The number of thioether (sulfide) groups is 1. The molecule has 1 aromatic carbocycles. The van der Waals surface area contributed by atoms with Crippen LogP contribution in [0.25, 0.3) is 0 Å². The number of Topliss-reactive ketones (excluding diaryl/α,β-unsaturated/α-hetero) is 1. The predicted octanol–water partition coefficient (Wildman–Crippen LogP) is 2.46. The molecule has 0 atom stereocenters. The number of hydrogen-bond donors (Lipinski definition) is 0. The highest BCUT2D eigenvalue weighted by Crippen LogP contribution is 2.21. The summed E-state index contributed by atoms with van der Waals surface area (Å²) < 4.78 is 5.16. The zero-order valence-electron chi connectivity index (χ0n) is 9.87. The zero-order valence-corrected chi connectivity index (χ0v) is 10.7. The molecule has 0 bridgehead atoms. The molecule has 5 heteroatoms. The van der Waals surface area contributed by atoms with Crippen molar-refractivity contribution in [2.24, 2.45) is 0 Å². The van der Waals surface area contributed by atoms with Crippen LogP contribution in [0.2, 0.25) is 0 Å². The van der Waals surface area contributed by atoms with Gasteiger partial charge in [0.2, 0.25) is 0 Å². The molecular formula is C13H12N2O2S. The van der Waals surface area contributed by atoms with Crippen molar-refractivity contribution in [3.63, 3.8) is 0 Å². The highest BCUT2D eigenvalue weighted by molar-refractivity contribution is 7.99. The third-order valence-electron chi connectivity index (χ3n) is 2.28. The van der Waals surface area contributed by atoms with E-state index in [1.807, 2.05) is 12.1 Å². The molecule has 0 saturated carbocycles. The number of methoxy groups -OCH3 is 1. The van der Waals surface area contributed by atoms with Crippen LogP contribution in [0.4, 0.5) is 0 Å². The van der Waals surface area contributed by atoms with Gasteiger partial charge in [0.05, 0.1) is 18.4 Å². The Labute approximate surface area is 109 Å². The predicted molar refractivity (Wildman–Crippen MR) is 70.1 cm³/mol. The van der Waals surface area contributed by atoms with Gasteiger partial charge in [-0.25, -0.2) is 9.97 Å². The van der Waals surface area contributed by atoms with Crippen LogP contribution < -0.4 is 4.74 Å². The summed E-state index contributed by atoms with van der Waals surface area (Å²) in [4.78, 5) is 20.2. The topological polar surface area (TPSA) is 52.1 Å². The molecule has 0 amide bonds. The largest absolute Gasteiger partial charge is 0.496 e. The van der Waals surface area contributed by atoms with E-state index in [0.29, 0.717) is 22.2 Å². The van der Waals surface area contributed by atoms with E-state index < -0.39 is 0 Å². The Morgan fingerprint density at radius 1 is 1.22 bits per heavy atom. The number of carbonyl (C=O) groups is 1. The molecule has 18 heavy (non-hydrogen) atoms. The molecule has 0 radical (unpaired) electrons. The Kier molecular flexibility index (Phi) is 4.30. The smallest absolute Gasteiger partial charge is 0.187 e. The van der Waals surface area contributed by atoms with Crippen molar-refractivity contribution in [1.29, 1.82) is 0 Å². The monoisotopic (exact) mass is 260 g/mol. The molecule has 1 aromatic heterocycles. The highest BCUT2D eigenvalue weighted by Gasteiger charge is 2.12. The molecule has 1 heterocycles. The summed E-state index contributed by atoms with van der Waals surface area (Å²) in [6.45, 7) is 0. The minimum absolute atomic E-state index is 0.00454. The Hall–Kier alpha value is -1.88. The van der Waals surface area contributed by atoms with Gasteiger partial charge in [-0.05, 0) is 18.2 Å². The third-order valence-corrected chi connectivity index (χ3v) is 3.16. The molecule has 0 aliphatic carbocycles. The first kappa shape index (κ1) is 12.6. The molecule has 2 aromatic rings. The zero-order chi connectivity index (χ0) is 12.8. The SMILES string of the molecule is COc1ccccc1C(=O)CSc1ncccn1. The summed E-state index contributed by atoms with van der Waals surface area (Å²) >= 11 is 1.32. The fraction of sp³-hybridized carbons (Fsp3) is 0.154. The molecule has 0 unspecified atom stereocenters. The molecular weight excluding hydrogens is 248 g/mol. The first-order chi connectivity index (χ1) is 8.81. The van der Waals surface area contributed by atoms with Gasteiger partial charge in [-0.1, -0.05) is 23.9 Å². The van der Waals surface area contributed by atoms with E-state index in [9.17, 15) is 4.79 Å². The molecule has 0 aliphatic heterocycles. The van der Waals surface area contributed by atoms with Crippen molar-refractivity contribution in [1.82, 2.24) is 9.97 Å². The van der Waals surface area contributed by atoms with Crippen molar-refractivity contribution < 1.29 is 9.53 Å². The second kappa shape index (κ2) is 6.16. The maximum absolute atomic E-state index is 12.0. The maximum atomic E-state index is 12.0. The van der Waals surface area contributed by atoms with Gasteiger partial charge in [-0.15, -0.1) is 0 Å². The number of ketones is 1. The van der Waals surface area contributed by atoms with Gasteiger partial charge >= 0.3 is 0 Å². The Morgan fingerprint density at radius 3 is 2.67 bits per heavy atom. The van der Waals surface area contributed by atoms with E-state index in [1.54, 1.807) is 37.7 Å². The average Bonchev–Trinajstić information content (AvgIpc) is 2.45. The van der Waals surface area contributed by atoms with Crippen LogP contribution >= 0.6 is 11.8 Å². The first-order valence-corrected chi connectivity index (χ1v) is 6.36. The minimum Gasteiger partial charge on any atom is -0.496 e. The third kappa shape index (κ3) is 3.07. The second-order valence-corrected chi connectivity index (χ2v) is 4.39. The molecule has 2 rings (SSSR count). The van der Waals surface area contributed by atoms with E-state index in [-0.39, 0.29) is 5.78 Å². The molecule has 0 saturated heterocycles. The number of carbonyl (C=O) groups excluding carboxylic acids is 1. The van der Waals surface area contributed by atoms with Gasteiger partial charge in [-0.2, -0.15) is 0 Å². The highest BCUT2D eigenvalue weighted by atomic mass is 32.2. The fourth-order valence-corrected chi connectivity index (χ4v) is 2.13. The minimum atomic E-state index is 0.00454. The van der Waals surface area contributed by atoms with Gasteiger partial charge < -0.3 is 4.74 Å². The number of aromatic nitrogens is 2. The van der Waals surface area contributed by atoms with Crippen molar-refractivity contribution in [3.05, 3.63) is 48.3 Å². The van der Waals surface area contributed by atoms with Gasteiger partial charge in [-0.3, -0.25) is 4.79 Å². The normalized spacial score (nSPS) is 10.1. The van der Waals surface area contributed by atoms with Crippen LogP contribution in [0.5, 0.6) is 5.75 Å². The van der Waals surface area contributed by atoms with E-state index in [1.165, 1.54) is 11.8 Å². The van der Waals surface area contributed by atoms with Gasteiger partial charge in [0.25, 0.3) is 0 Å². The van der Waals surface area contributed by atoms with E-state index in [4.69, 9.17) is 4.74 Å². The maximum Gasteiger partial charge on any atom is 0.187 e. The number of para-hydroxylation sites is 1. The summed E-state index contributed by atoms with van der Waals surface area (Å²) in [7, 11) is 1.56. The number of ether oxygens (including phenoxy) is 1. The summed E-state index contributed by atoms with van der Waals surface area (Å²) in [5.41, 5.74) is 0.587. The standard InChI is InChI=1S/C13H12N2O2S/c1-17-12-6-3-2-5-10(12)11(16)9-18-13-14-7-4-8-15-13/h2-8H,9H2,1H3. The van der Waals surface area contributed by atoms with Crippen LogP contribution in [0.15, 0.2) is 47.9 Å². The molecule has 0 spiro atoms. The van der Waals surface area contributed by atoms with Crippen molar-refractivity contribution in [3.8, 4) is 5.75 Å².